The fourth-order valence-electron chi connectivity index (χ4n) is 3.59. The second-order valence-corrected chi connectivity index (χ2v) is 8.65. The molecule has 144 valence electrons. The number of sulfonamides is 1. The number of nitrogens with zero attached hydrogens (tertiary/aromatic N) is 4. The van der Waals surface area contributed by atoms with Gasteiger partial charge in [-0.3, -0.25) is 0 Å². The lowest BCUT2D eigenvalue weighted by molar-refractivity contribution is 0.379. The average Bonchev–Trinajstić information content (AvgIpc) is 3.16. The normalized spacial score (nSPS) is 17.8. The molecule has 1 saturated heterocycles. The van der Waals surface area contributed by atoms with Gasteiger partial charge in [0.2, 0.25) is 10.0 Å². The summed E-state index contributed by atoms with van der Waals surface area (Å²) in [6.07, 6.45) is 3.11. The van der Waals surface area contributed by atoms with Gasteiger partial charge in [-0.15, -0.1) is 5.10 Å². The summed E-state index contributed by atoms with van der Waals surface area (Å²) >= 11 is 0. The zero-order valence-corrected chi connectivity index (χ0v) is 15.9. The highest BCUT2D eigenvalue weighted by Crippen LogP contribution is 2.26. The molecule has 0 saturated carbocycles. The third-order valence-electron chi connectivity index (χ3n) is 5.13. The minimum Gasteiger partial charge on any atom is -0.494 e. The number of ether oxygens (including phenoxy) is 1. The monoisotopic (exact) mass is 392 g/mol. The van der Waals surface area contributed by atoms with E-state index in [0.717, 1.165) is 36.8 Å². The van der Waals surface area contributed by atoms with E-state index in [1.165, 1.54) is 29.1 Å². The van der Waals surface area contributed by atoms with Crippen molar-refractivity contribution in [3.8, 4) is 5.75 Å². The number of fused-ring (bicyclic) bond motifs is 1. The van der Waals surface area contributed by atoms with Crippen LogP contribution in [-0.4, -0.2) is 56.2 Å². The Hall–Kier alpha value is -2.26. The molecule has 0 N–H and O–H groups in total. The number of hydrogen-bond donors (Lipinski definition) is 0. The first-order valence-electron chi connectivity index (χ1n) is 8.93. The van der Waals surface area contributed by atoms with Gasteiger partial charge in [0.05, 0.1) is 17.7 Å². The molecule has 0 spiro atoms. The number of rotatable bonds is 4. The largest absolute Gasteiger partial charge is 0.494 e. The maximum Gasteiger partial charge on any atom is 0.243 e. The van der Waals surface area contributed by atoms with Crippen molar-refractivity contribution in [1.82, 2.24) is 14.5 Å². The molecule has 2 heterocycles. The predicted molar refractivity (Wildman–Crippen MR) is 98.0 cm³/mol. The van der Waals surface area contributed by atoms with E-state index in [2.05, 4.69) is 16.3 Å². The quantitative estimate of drug-likeness (QED) is 0.787. The van der Waals surface area contributed by atoms with Crippen LogP contribution >= 0.6 is 0 Å². The molecule has 1 aliphatic heterocycles. The standard InChI is InChI=1S/C18H21FN4O3S/c1-26-17-6-5-14(12-15(17)19)27(24,25)23-9-7-22(8-10-23)18-11-13-3-2-4-16(13)20-21-18/h5-6,11-12H,2-4,7-10H2,1H3. The van der Waals surface area contributed by atoms with Gasteiger partial charge in [0, 0.05) is 26.2 Å². The van der Waals surface area contributed by atoms with Crippen LogP contribution in [0.15, 0.2) is 29.2 Å². The topological polar surface area (TPSA) is 75.6 Å². The van der Waals surface area contributed by atoms with Crippen LogP contribution < -0.4 is 9.64 Å². The molecule has 0 unspecified atom stereocenters. The zero-order chi connectivity index (χ0) is 19.0. The van der Waals surface area contributed by atoms with Crippen molar-refractivity contribution in [2.45, 2.75) is 24.2 Å². The Kier molecular flexibility index (Phi) is 4.73. The van der Waals surface area contributed by atoms with Crippen molar-refractivity contribution in [2.75, 3.05) is 38.2 Å². The minimum atomic E-state index is -3.75. The average molecular weight is 392 g/mol. The van der Waals surface area contributed by atoms with Crippen molar-refractivity contribution in [3.05, 3.63) is 41.3 Å². The highest BCUT2D eigenvalue weighted by Gasteiger charge is 2.30. The smallest absolute Gasteiger partial charge is 0.243 e. The van der Waals surface area contributed by atoms with E-state index in [1.807, 2.05) is 4.90 Å². The summed E-state index contributed by atoms with van der Waals surface area (Å²) in [6, 6.07) is 5.78. The third kappa shape index (κ3) is 3.37. The first-order valence-corrected chi connectivity index (χ1v) is 10.4. The van der Waals surface area contributed by atoms with Gasteiger partial charge in [0.1, 0.15) is 0 Å². The van der Waals surface area contributed by atoms with Crippen molar-refractivity contribution in [3.63, 3.8) is 0 Å². The summed E-state index contributed by atoms with van der Waals surface area (Å²) < 4.78 is 45.8. The first-order chi connectivity index (χ1) is 13.0. The van der Waals surface area contributed by atoms with E-state index >= 15 is 0 Å². The number of aryl methyl sites for hydroxylation is 2. The predicted octanol–water partition coefficient (Wildman–Crippen LogP) is 1.62. The van der Waals surface area contributed by atoms with Gasteiger partial charge in [-0.1, -0.05) is 0 Å². The van der Waals surface area contributed by atoms with E-state index in [-0.39, 0.29) is 10.6 Å². The molecule has 1 aliphatic carbocycles. The van der Waals surface area contributed by atoms with E-state index in [1.54, 1.807) is 0 Å². The van der Waals surface area contributed by atoms with Gasteiger partial charge >= 0.3 is 0 Å². The lowest BCUT2D eigenvalue weighted by Gasteiger charge is -2.34. The number of benzene rings is 1. The third-order valence-corrected chi connectivity index (χ3v) is 7.03. The maximum absolute atomic E-state index is 13.9. The lowest BCUT2D eigenvalue weighted by Crippen LogP contribution is -2.49. The van der Waals surface area contributed by atoms with Crippen molar-refractivity contribution < 1.29 is 17.5 Å². The van der Waals surface area contributed by atoms with Gasteiger partial charge < -0.3 is 9.64 Å². The molecule has 0 radical (unpaired) electrons. The fourth-order valence-corrected chi connectivity index (χ4v) is 5.02. The molecule has 0 atom stereocenters. The Morgan fingerprint density at radius 2 is 1.85 bits per heavy atom. The highest BCUT2D eigenvalue weighted by molar-refractivity contribution is 7.89. The van der Waals surface area contributed by atoms with Crippen molar-refractivity contribution in [1.29, 1.82) is 0 Å². The van der Waals surface area contributed by atoms with Crippen LogP contribution in [0.2, 0.25) is 0 Å². The summed E-state index contributed by atoms with van der Waals surface area (Å²) in [5.41, 5.74) is 2.31. The SMILES string of the molecule is COc1ccc(S(=O)(=O)N2CCN(c3cc4c(nn3)CCC4)CC2)cc1F. The summed E-state index contributed by atoms with van der Waals surface area (Å²) in [5, 5.41) is 8.59. The van der Waals surface area contributed by atoms with Crippen LogP contribution in [0.4, 0.5) is 10.2 Å². The molecule has 1 aromatic carbocycles. The molecule has 9 heteroatoms. The fraction of sp³-hybridized carbons (Fsp3) is 0.444. The Labute approximate surface area is 157 Å². The Morgan fingerprint density at radius 3 is 2.56 bits per heavy atom. The van der Waals surface area contributed by atoms with Gasteiger partial charge in [0.25, 0.3) is 0 Å². The summed E-state index contributed by atoms with van der Waals surface area (Å²) in [6.45, 7) is 1.67. The molecule has 4 rings (SSSR count). The van der Waals surface area contributed by atoms with E-state index < -0.39 is 15.8 Å². The molecule has 27 heavy (non-hydrogen) atoms. The number of methoxy groups -OCH3 is 1. The summed E-state index contributed by atoms with van der Waals surface area (Å²) in [4.78, 5) is 1.98. The highest BCUT2D eigenvalue weighted by atomic mass is 32.2. The van der Waals surface area contributed by atoms with Crippen LogP contribution in [0.1, 0.15) is 17.7 Å². The molecule has 1 fully saturated rings. The number of halogens is 1. The lowest BCUT2D eigenvalue weighted by atomic mass is 10.2. The Bertz CT molecular complexity index is 959. The molecular formula is C18H21FN4O3S. The van der Waals surface area contributed by atoms with Crippen LogP contribution in [0.25, 0.3) is 0 Å². The number of aromatic nitrogens is 2. The maximum atomic E-state index is 13.9. The molecular weight excluding hydrogens is 371 g/mol. The summed E-state index contributed by atoms with van der Waals surface area (Å²) in [7, 11) is -2.41. The van der Waals surface area contributed by atoms with Gasteiger partial charge in [-0.05, 0) is 49.1 Å². The molecule has 1 aromatic heterocycles. The molecule has 2 aromatic rings. The Balaban J connectivity index is 1.47. The van der Waals surface area contributed by atoms with E-state index in [0.29, 0.717) is 26.2 Å². The second-order valence-electron chi connectivity index (χ2n) is 6.72. The van der Waals surface area contributed by atoms with Crippen LogP contribution in [0.5, 0.6) is 5.75 Å². The molecule has 0 bridgehead atoms. The second kappa shape index (κ2) is 7.05. The van der Waals surface area contributed by atoms with Gasteiger partial charge in [0.15, 0.2) is 17.4 Å². The number of anilines is 1. The zero-order valence-electron chi connectivity index (χ0n) is 15.1. The first kappa shape index (κ1) is 18.1. The summed E-state index contributed by atoms with van der Waals surface area (Å²) in [5.74, 6) is 0.128. The Morgan fingerprint density at radius 1 is 1.07 bits per heavy atom. The van der Waals surface area contributed by atoms with E-state index in [4.69, 9.17) is 4.74 Å². The minimum absolute atomic E-state index is 0.0222. The number of hydrogen-bond acceptors (Lipinski definition) is 6. The van der Waals surface area contributed by atoms with Crippen LogP contribution in [0.3, 0.4) is 0 Å². The van der Waals surface area contributed by atoms with Crippen molar-refractivity contribution >= 4 is 15.8 Å². The van der Waals surface area contributed by atoms with Crippen LogP contribution in [0, 0.1) is 5.82 Å². The van der Waals surface area contributed by atoms with Gasteiger partial charge in [-0.25, -0.2) is 12.8 Å². The molecule has 0 amide bonds. The molecule has 7 nitrogen and oxygen atoms in total. The van der Waals surface area contributed by atoms with Gasteiger partial charge in [-0.2, -0.15) is 9.40 Å². The molecule has 2 aliphatic rings. The van der Waals surface area contributed by atoms with Crippen molar-refractivity contribution in [2.24, 2.45) is 0 Å². The number of piperazine rings is 1. The van der Waals surface area contributed by atoms with E-state index in [9.17, 15) is 12.8 Å². The van der Waals surface area contributed by atoms with Crippen LogP contribution in [-0.2, 0) is 22.9 Å².